The third-order valence-corrected chi connectivity index (χ3v) is 4.49. The van der Waals surface area contributed by atoms with E-state index in [4.69, 9.17) is 5.73 Å². The average Bonchev–Trinajstić information content (AvgIpc) is 3.21. The van der Waals surface area contributed by atoms with Crippen LogP contribution in [0.1, 0.15) is 29.4 Å². The van der Waals surface area contributed by atoms with Gasteiger partial charge >= 0.3 is 6.18 Å². The van der Waals surface area contributed by atoms with Gasteiger partial charge in [-0.2, -0.15) is 18.3 Å². The Hall–Kier alpha value is -2.06. The molecule has 142 valence electrons. The molecule has 9 heteroatoms. The van der Waals surface area contributed by atoms with E-state index in [1.54, 1.807) is 29.2 Å². The third-order valence-electron chi connectivity index (χ3n) is 4.49. The van der Waals surface area contributed by atoms with Crippen LogP contribution in [-0.2, 0) is 6.18 Å². The summed E-state index contributed by atoms with van der Waals surface area (Å²) in [5.41, 5.74) is 5.55. The van der Waals surface area contributed by atoms with Crippen molar-refractivity contribution in [3.05, 3.63) is 47.8 Å². The maximum Gasteiger partial charge on any atom is 0.435 e. The van der Waals surface area contributed by atoms with E-state index in [-0.39, 0.29) is 30.3 Å². The Morgan fingerprint density at radius 3 is 2.65 bits per heavy atom. The molecule has 1 aliphatic heterocycles. The van der Waals surface area contributed by atoms with Gasteiger partial charge in [-0.3, -0.25) is 4.79 Å². The van der Waals surface area contributed by atoms with Crippen LogP contribution in [0.15, 0.2) is 36.5 Å². The second-order valence-electron chi connectivity index (χ2n) is 6.34. The number of nitrogens with zero attached hydrogens (tertiary/aromatic N) is 3. The second-order valence-corrected chi connectivity index (χ2v) is 6.34. The highest BCUT2D eigenvalue weighted by Crippen LogP contribution is 2.28. The van der Waals surface area contributed by atoms with Gasteiger partial charge < -0.3 is 10.6 Å². The minimum atomic E-state index is -4.50. The molecule has 0 radical (unpaired) electrons. The molecule has 2 heterocycles. The molecule has 1 aromatic carbocycles. The summed E-state index contributed by atoms with van der Waals surface area (Å²) in [5.74, 6) is 0.135. The van der Waals surface area contributed by atoms with Crippen LogP contribution >= 0.6 is 12.4 Å². The van der Waals surface area contributed by atoms with Gasteiger partial charge in [-0.05, 0) is 50.1 Å². The summed E-state index contributed by atoms with van der Waals surface area (Å²) in [4.78, 5) is 14.5. The molecule has 1 saturated heterocycles. The number of hydrogen-bond acceptors (Lipinski definition) is 3. The first-order chi connectivity index (χ1) is 11.8. The predicted molar refractivity (Wildman–Crippen MR) is 93.5 cm³/mol. The van der Waals surface area contributed by atoms with Crippen LogP contribution in [0.4, 0.5) is 13.2 Å². The average molecular weight is 389 g/mol. The van der Waals surface area contributed by atoms with E-state index in [0.29, 0.717) is 24.3 Å². The van der Waals surface area contributed by atoms with Crippen molar-refractivity contribution in [3.8, 4) is 5.69 Å². The smallest absolute Gasteiger partial charge is 0.336 e. The number of amides is 1. The molecule has 0 saturated carbocycles. The standard InChI is InChI=1S/C17H19F3N4O.ClH/c1-11-7-12(9-21)10-23(11)16(25)13-3-2-4-14(8-13)24-6-5-15(22-24)17(18,19)20;/h2-6,8,11-12H,7,9-10,21H2,1H3;1H. The highest BCUT2D eigenvalue weighted by atomic mass is 35.5. The molecule has 0 aliphatic carbocycles. The summed E-state index contributed by atoms with van der Waals surface area (Å²) < 4.78 is 39.2. The van der Waals surface area contributed by atoms with Gasteiger partial charge in [-0.15, -0.1) is 12.4 Å². The van der Waals surface area contributed by atoms with Gasteiger partial charge in [0.05, 0.1) is 5.69 Å². The lowest BCUT2D eigenvalue weighted by Gasteiger charge is -2.21. The minimum absolute atomic E-state index is 0. The Morgan fingerprint density at radius 1 is 1.35 bits per heavy atom. The summed E-state index contributed by atoms with van der Waals surface area (Å²) in [6.45, 7) is 3.10. The molecular formula is C17H20ClF3N4O. The number of halogens is 4. The Kier molecular flexibility index (Phi) is 5.98. The summed E-state index contributed by atoms with van der Waals surface area (Å²) in [5, 5.41) is 3.54. The number of carbonyl (C=O) groups is 1. The largest absolute Gasteiger partial charge is 0.435 e. The quantitative estimate of drug-likeness (QED) is 0.878. The summed E-state index contributed by atoms with van der Waals surface area (Å²) in [6, 6.07) is 7.45. The number of rotatable bonds is 3. The number of alkyl halides is 3. The SMILES string of the molecule is CC1CC(CN)CN1C(=O)c1cccc(-n2ccc(C(F)(F)F)n2)c1.Cl. The van der Waals surface area contributed by atoms with Gasteiger partial charge in [-0.25, -0.2) is 4.68 Å². The van der Waals surface area contributed by atoms with E-state index in [2.05, 4.69) is 5.10 Å². The Balaban J connectivity index is 0.00000243. The van der Waals surface area contributed by atoms with Crippen LogP contribution in [0.5, 0.6) is 0 Å². The van der Waals surface area contributed by atoms with Crippen molar-refractivity contribution in [2.24, 2.45) is 11.7 Å². The highest BCUT2D eigenvalue weighted by Gasteiger charge is 2.34. The molecule has 1 aliphatic rings. The number of nitrogens with two attached hydrogens (primary N) is 1. The van der Waals surface area contributed by atoms with E-state index in [0.717, 1.165) is 17.2 Å². The number of aromatic nitrogens is 2. The molecule has 2 N–H and O–H groups in total. The van der Waals surface area contributed by atoms with E-state index < -0.39 is 11.9 Å². The fourth-order valence-corrected chi connectivity index (χ4v) is 3.16. The Labute approximate surface area is 155 Å². The van der Waals surface area contributed by atoms with Crippen LogP contribution in [-0.4, -0.2) is 39.7 Å². The molecule has 1 amide bonds. The molecule has 26 heavy (non-hydrogen) atoms. The maximum atomic E-state index is 12.7. The number of likely N-dealkylation sites (tertiary alicyclic amines) is 1. The molecule has 1 fully saturated rings. The topological polar surface area (TPSA) is 64.2 Å². The van der Waals surface area contributed by atoms with Gasteiger partial charge in [-0.1, -0.05) is 6.07 Å². The zero-order valence-corrected chi connectivity index (χ0v) is 14.9. The first-order valence-corrected chi connectivity index (χ1v) is 8.04. The van der Waals surface area contributed by atoms with Gasteiger partial charge in [0.1, 0.15) is 0 Å². The maximum absolute atomic E-state index is 12.7. The number of hydrogen-bond donors (Lipinski definition) is 1. The fourth-order valence-electron chi connectivity index (χ4n) is 3.16. The van der Waals surface area contributed by atoms with Crippen molar-refractivity contribution in [1.29, 1.82) is 0 Å². The zero-order chi connectivity index (χ0) is 18.2. The van der Waals surface area contributed by atoms with Gasteiger partial charge in [0.15, 0.2) is 5.69 Å². The van der Waals surface area contributed by atoms with E-state index in [1.807, 2.05) is 6.92 Å². The summed E-state index contributed by atoms with van der Waals surface area (Å²) >= 11 is 0. The number of carbonyl (C=O) groups excluding carboxylic acids is 1. The molecule has 3 rings (SSSR count). The molecule has 2 atom stereocenters. The Morgan fingerprint density at radius 2 is 2.08 bits per heavy atom. The summed E-state index contributed by atoms with van der Waals surface area (Å²) in [7, 11) is 0. The lowest BCUT2D eigenvalue weighted by molar-refractivity contribution is -0.141. The minimum Gasteiger partial charge on any atom is -0.336 e. The first-order valence-electron chi connectivity index (χ1n) is 8.04. The van der Waals surface area contributed by atoms with Crippen LogP contribution in [0.3, 0.4) is 0 Å². The van der Waals surface area contributed by atoms with Gasteiger partial charge in [0.2, 0.25) is 0 Å². The normalized spacial score (nSPS) is 20.1. The predicted octanol–water partition coefficient (Wildman–Crippen LogP) is 3.12. The highest BCUT2D eigenvalue weighted by molar-refractivity contribution is 5.95. The van der Waals surface area contributed by atoms with E-state index in [9.17, 15) is 18.0 Å². The molecule has 2 unspecified atom stereocenters. The molecular weight excluding hydrogens is 369 g/mol. The van der Waals surface area contributed by atoms with Crippen molar-refractivity contribution in [1.82, 2.24) is 14.7 Å². The second kappa shape index (κ2) is 7.67. The van der Waals surface area contributed by atoms with Gasteiger partial charge in [0.25, 0.3) is 5.91 Å². The van der Waals surface area contributed by atoms with Crippen molar-refractivity contribution in [2.75, 3.05) is 13.1 Å². The van der Waals surface area contributed by atoms with E-state index >= 15 is 0 Å². The van der Waals surface area contributed by atoms with Gasteiger partial charge in [0, 0.05) is 24.3 Å². The fraction of sp³-hybridized carbons (Fsp3) is 0.412. The molecule has 2 aromatic rings. The van der Waals surface area contributed by atoms with Crippen molar-refractivity contribution in [2.45, 2.75) is 25.6 Å². The lowest BCUT2D eigenvalue weighted by atomic mass is 10.1. The van der Waals surface area contributed by atoms with Crippen LogP contribution in [0.2, 0.25) is 0 Å². The third kappa shape index (κ3) is 4.02. The van der Waals surface area contributed by atoms with Crippen molar-refractivity contribution < 1.29 is 18.0 Å². The van der Waals surface area contributed by atoms with E-state index in [1.165, 1.54) is 6.20 Å². The van der Waals surface area contributed by atoms with Crippen LogP contribution in [0, 0.1) is 5.92 Å². The first kappa shape index (κ1) is 20.3. The monoisotopic (exact) mass is 388 g/mol. The lowest BCUT2D eigenvalue weighted by Crippen LogP contribution is -2.34. The van der Waals surface area contributed by atoms with Crippen LogP contribution in [0.25, 0.3) is 5.69 Å². The van der Waals surface area contributed by atoms with Crippen LogP contribution < -0.4 is 5.73 Å². The van der Waals surface area contributed by atoms with Crippen molar-refractivity contribution >= 4 is 18.3 Å². The zero-order valence-electron chi connectivity index (χ0n) is 14.1. The summed E-state index contributed by atoms with van der Waals surface area (Å²) in [6.07, 6.45) is -2.41. The number of benzene rings is 1. The molecule has 5 nitrogen and oxygen atoms in total. The van der Waals surface area contributed by atoms with Crippen molar-refractivity contribution in [3.63, 3.8) is 0 Å². The molecule has 1 aromatic heterocycles. The molecule has 0 spiro atoms. The Bertz CT molecular complexity index is 777. The molecule has 0 bridgehead atoms.